The Labute approximate surface area is 160 Å². The number of H-pyrrole nitrogens is 1. The summed E-state index contributed by atoms with van der Waals surface area (Å²) in [6.07, 6.45) is 3.01. The smallest absolute Gasteiger partial charge is 0.409 e. The fourth-order valence-electron chi connectivity index (χ4n) is 3.01. The minimum absolute atomic E-state index is 0.0712. The number of fused-ring (bicyclic) bond motifs is 1. The predicted molar refractivity (Wildman–Crippen MR) is 101 cm³/mol. The van der Waals surface area contributed by atoms with Crippen LogP contribution in [0.4, 0.5) is 4.79 Å². The number of unbranched alkanes of at least 4 members (excludes halogenated alkanes) is 1. The number of carbonyl (C=O) groups is 1. The Hall–Kier alpha value is -3.17. The molecule has 3 rings (SSSR count). The number of rotatable bonds is 5. The summed E-state index contributed by atoms with van der Waals surface area (Å²) in [6.45, 7) is 2.95. The number of nitrogens with one attached hydrogen (secondary N) is 1. The van der Waals surface area contributed by atoms with Crippen LogP contribution in [0.1, 0.15) is 38.2 Å². The third-order valence-corrected chi connectivity index (χ3v) is 4.51. The maximum atomic E-state index is 12.5. The van der Waals surface area contributed by atoms with Gasteiger partial charge in [-0.25, -0.2) is 9.59 Å². The Balaban J connectivity index is 1.79. The second kappa shape index (κ2) is 8.68. The van der Waals surface area contributed by atoms with Gasteiger partial charge in [0.15, 0.2) is 0 Å². The summed E-state index contributed by atoms with van der Waals surface area (Å²) in [6, 6.07) is 1.17. The third-order valence-electron chi connectivity index (χ3n) is 4.51. The van der Waals surface area contributed by atoms with Crippen LogP contribution in [0.5, 0.6) is 6.01 Å². The average Bonchev–Trinajstić information content (AvgIpc) is 2.69. The Bertz CT molecular complexity index is 999. The Morgan fingerprint density at radius 2 is 2.11 bits per heavy atom. The molecule has 0 unspecified atom stereocenters. The molecule has 0 spiro atoms. The van der Waals surface area contributed by atoms with Gasteiger partial charge in [-0.3, -0.25) is 9.78 Å². The topological polar surface area (TPSA) is 127 Å². The predicted octanol–water partition coefficient (Wildman–Crippen LogP) is 1.82. The van der Waals surface area contributed by atoms with E-state index in [0.29, 0.717) is 37.9 Å². The van der Waals surface area contributed by atoms with E-state index in [1.807, 2.05) is 6.92 Å². The number of carbonyl (C=O) groups excluding carboxylic acids is 1. The number of aryl methyl sites for hydroxylation is 1. The van der Waals surface area contributed by atoms with Crippen molar-refractivity contribution in [2.75, 3.05) is 20.2 Å². The number of hydrogen-bond donors (Lipinski definition) is 1. The largest absolute Gasteiger partial charge is 0.453 e. The fourth-order valence-corrected chi connectivity index (χ4v) is 3.01. The summed E-state index contributed by atoms with van der Waals surface area (Å²) < 4.78 is 9.76. The molecule has 28 heavy (non-hydrogen) atoms. The van der Waals surface area contributed by atoms with Crippen LogP contribution in [0, 0.1) is 0 Å². The highest BCUT2D eigenvalue weighted by molar-refractivity contribution is 5.86. The molecule has 0 radical (unpaired) electrons. The van der Waals surface area contributed by atoms with Crippen molar-refractivity contribution < 1.29 is 18.8 Å². The first-order valence-electron chi connectivity index (χ1n) is 9.14. The highest BCUT2D eigenvalue weighted by Gasteiger charge is 2.21. The summed E-state index contributed by atoms with van der Waals surface area (Å²) in [5.41, 5.74) is 0.244. The minimum Gasteiger partial charge on any atom is -0.453 e. The molecule has 10 heteroatoms. The second-order valence-electron chi connectivity index (χ2n) is 6.45. The molecule has 2 aromatic rings. The molecule has 1 N–H and O–H groups in total. The summed E-state index contributed by atoms with van der Waals surface area (Å²) in [4.78, 5) is 49.1. The SMILES string of the molecule is CCCCc1cc(=O)oc2nc(ON=C3CCN(C(=O)OC)CC3)[nH]c(=O)c12. The molecular formula is C18H22N4O6. The standard InChI is InChI=1S/C18H22N4O6/c1-3-4-5-11-10-13(23)27-16-14(11)15(24)19-17(20-16)28-21-12-6-8-22(9-7-12)18(25)26-2/h10H,3-9H2,1-2H3,(H,19,20,24). The van der Waals surface area contributed by atoms with E-state index in [1.165, 1.54) is 13.2 Å². The highest BCUT2D eigenvalue weighted by atomic mass is 16.6. The van der Waals surface area contributed by atoms with Crippen LogP contribution in [-0.2, 0) is 11.2 Å². The third kappa shape index (κ3) is 4.38. The van der Waals surface area contributed by atoms with Gasteiger partial charge in [-0.05, 0) is 18.4 Å². The molecular weight excluding hydrogens is 368 g/mol. The van der Waals surface area contributed by atoms with Gasteiger partial charge in [0.05, 0.1) is 12.8 Å². The molecule has 0 saturated carbocycles. The van der Waals surface area contributed by atoms with Crippen molar-refractivity contribution in [3.63, 3.8) is 0 Å². The van der Waals surface area contributed by atoms with E-state index in [1.54, 1.807) is 4.90 Å². The van der Waals surface area contributed by atoms with E-state index in [2.05, 4.69) is 19.9 Å². The number of methoxy groups -OCH3 is 1. The highest BCUT2D eigenvalue weighted by Crippen LogP contribution is 2.16. The summed E-state index contributed by atoms with van der Waals surface area (Å²) in [5.74, 6) is 0. The van der Waals surface area contributed by atoms with Crippen LogP contribution in [0.15, 0.2) is 25.2 Å². The van der Waals surface area contributed by atoms with Crippen LogP contribution in [-0.4, -0.2) is 46.9 Å². The zero-order chi connectivity index (χ0) is 20.1. The maximum Gasteiger partial charge on any atom is 0.409 e. The number of piperidine rings is 1. The maximum absolute atomic E-state index is 12.5. The van der Waals surface area contributed by atoms with Crippen molar-refractivity contribution in [2.45, 2.75) is 39.0 Å². The monoisotopic (exact) mass is 390 g/mol. The van der Waals surface area contributed by atoms with Gasteiger partial charge in [0.25, 0.3) is 5.56 Å². The van der Waals surface area contributed by atoms with Crippen molar-refractivity contribution in [1.82, 2.24) is 14.9 Å². The summed E-state index contributed by atoms with van der Waals surface area (Å²) >= 11 is 0. The van der Waals surface area contributed by atoms with Crippen LogP contribution < -0.4 is 16.0 Å². The minimum atomic E-state index is -0.566. The zero-order valence-corrected chi connectivity index (χ0v) is 15.8. The second-order valence-corrected chi connectivity index (χ2v) is 6.45. The van der Waals surface area contributed by atoms with Gasteiger partial charge in [-0.1, -0.05) is 18.5 Å². The van der Waals surface area contributed by atoms with Gasteiger partial charge in [0, 0.05) is 32.0 Å². The average molecular weight is 390 g/mol. The van der Waals surface area contributed by atoms with Crippen LogP contribution >= 0.6 is 0 Å². The number of nitrogens with zero attached hydrogens (tertiary/aromatic N) is 3. The quantitative estimate of drug-likeness (QED) is 0.771. The molecule has 3 heterocycles. The molecule has 1 amide bonds. The molecule has 1 aliphatic rings. The number of hydrogen-bond acceptors (Lipinski definition) is 8. The van der Waals surface area contributed by atoms with E-state index in [0.717, 1.165) is 18.6 Å². The number of aromatic nitrogens is 2. The van der Waals surface area contributed by atoms with Gasteiger partial charge in [-0.15, -0.1) is 0 Å². The van der Waals surface area contributed by atoms with Crippen molar-refractivity contribution >= 4 is 22.9 Å². The van der Waals surface area contributed by atoms with Gasteiger partial charge in [0.2, 0.25) is 5.71 Å². The number of ether oxygens (including phenoxy) is 1. The van der Waals surface area contributed by atoms with Crippen molar-refractivity contribution in [3.8, 4) is 6.01 Å². The van der Waals surface area contributed by atoms with Gasteiger partial charge >= 0.3 is 17.7 Å². The first-order chi connectivity index (χ1) is 13.5. The van der Waals surface area contributed by atoms with Gasteiger partial charge < -0.3 is 18.9 Å². The Morgan fingerprint density at radius 3 is 2.79 bits per heavy atom. The lowest BCUT2D eigenvalue weighted by molar-refractivity contribution is 0.123. The molecule has 150 valence electrons. The molecule has 0 atom stereocenters. The lowest BCUT2D eigenvalue weighted by Crippen LogP contribution is -2.38. The Kier molecular flexibility index (Phi) is 6.07. The normalized spacial score (nSPS) is 14.2. The van der Waals surface area contributed by atoms with Crippen LogP contribution in [0.25, 0.3) is 11.1 Å². The Morgan fingerprint density at radius 1 is 1.36 bits per heavy atom. The van der Waals surface area contributed by atoms with E-state index in [4.69, 9.17) is 9.25 Å². The molecule has 0 aromatic carbocycles. The fraction of sp³-hybridized carbons (Fsp3) is 0.500. The molecule has 1 fully saturated rings. The molecule has 2 aromatic heterocycles. The molecule has 0 aliphatic carbocycles. The molecule has 1 saturated heterocycles. The van der Waals surface area contributed by atoms with Gasteiger partial charge in [-0.2, -0.15) is 4.98 Å². The number of aromatic amines is 1. The molecule has 10 nitrogen and oxygen atoms in total. The van der Waals surface area contributed by atoms with E-state index in [9.17, 15) is 14.4 Å². The van der Waals surface area contributed by atoms with E-state index < -0.39 is 11.2 Å². The first kappa shape index (κ1) is 19.6. The lowest BCUT2D eigenvalue weighted by atomic mass is 10.1. The number of oxime groups is 1. The summed E-state index contributed by atoms with van der Waals surface area (Å²) in [7, 11) is 1.34. The lowest BCUT2D eigenvalue weighted by Gasteiger charge is -2.25. The van der Waals surface area contributed by atoms with Crippen LogP contribution in [0.2, 0.25) is 0 Å². The van der Waals surface area contributed by atoms with Crippen LogP contribution in [0.3, 0.4) is 0 Å². The molecule has 1 aliphatic heterocycles. The van der Waals surface area contributed by atoms with Gasteiger partial charge in [0.1, 0.15) is 5.39 Å². The van der Waals surface area contributed by atoms with E-state index >= 15 is 0 Å². The first-order valence-corrected chi connectivity index (χ1v) is 9.14. The number of amides is 1. The van der Waals surface area contributed by atoms with Crippen molar-refractivity contribution in [1.29, 1.82) is 0 Å². The van der Waals surface area contributed by atoms with Crippen molar-refractivity contribution in [2.24, 2.45) is 5.16 Å². The van der Waals surface area contributed by atoms with E-state index in [-0.39, 0.29) is 23.2 Å². The zero-order valence-electron chi connectivity index (χ0n) is 15.8. The number of likely N-dealkylation sites (tertiary alicyclic amines) is 1. The summed E-state index contributed by atoms with van der Waals surface area (Å²) in [5, 5.41) is 4.25. The van der Waals surface area contributed by atoms with Crippen molar-refractivity contribution in [3.05, 3.63) is 32.4 Å². The molecule has 0 bridgehead atoms.